The van der Waals surface area contributed by atoms with E-state index in [1.54, 1.807) is 58.6 Å². The van der Waals surface area contributed by atoms with Crippen molar-refractivity contribution in [3.8, 4) is 0 Å². The van der Waals surface area contributed by atoms with Crippen LogP contribution >= 0.6 is 0 Å². The van der Waals surface area contributed by atoms with E-state index in [4.69, 9.17) is 0 Å². The molecule has 5 rings (SSSR count). The van der Waals surface area contributed by atoms with Crippen molar-refractivity contribution in [1.82, 2.24) is 19.8 Å². The lowest BCUT2D eigenvalue weighted by molar-refractivity contribution is 0.0535. The number of aromatic nitrogens is 2. The van der Waals surface area contributed by atoms with Gasteiger partial charge in [-0.15, -0.1) is 0 Å². The summed E-state index contributed by atoms with van der Waals surface area (Å²) in [6.07, 6.45) is 1.59. The van der Waals surface area contributed by atoms with Gasteiger partial charge in [-0.1, -0.05) is 6.07 Å². The molecule has 2 N–H and O–H groups in total. The topological polar surface area (TPSA) is 98.4 Å². The smallest absolute Gasteiger partial charge is 0.255 e. The van der Waals surface area contributed by atoms with E-state index in [-0.39, 0.29) is 11.8 Å². The number of rotatable bonds is 4. The second-order valence-electron chi connectivity index (χ2n) is 8.26. The minimum Gasteiger partial charge on any atom is -0.345 e. The second-order valence-corrected chi connectivity index (χ2v) is 8.26. The van der Waals surface area contributed by atoms with Crippen LogP contribution in [0.3, 0.4) is 0 Å². The number of aromatic amines is 1. The van der Waals surface area contributed by atoms with E-state index in [0.29, 0.717) is 48.6 Å². The highest BCUT2D eigenvalue weighted by Crippen LogP contribution is 2.18. The number of nitrogens with zero attached hydrogens (tertiary/aromatic N) is 3. The number of halogens is 1. The van der Waals surface area contributed by atoms with Gasteiger partial charge < -0.3 is 20.1 Å². The number of anilines is 1. The van der Waals surface area contributed by atoms with Gasteiger partial charge in [0.05, 0.1) is 17.4 Å². The lowest BCUT2D eigenvalue weighted by Gasteiger charge is -2.35. The summed E-state index contributed by atoms with van der Waals surface area (Å²) in [5, 5.41) is 2.73. The Labute approximate surface area is 200 Å². The van der Waals surface area contributed by atoms with Crippen molar-refractivity contribution in [3.05, 3.63) is 95.6 Å². The zero-order valence-electron chi connectivity index (χ0n) is 18.7. The van der Waals surface area contributed by atoms with E-state index in [0.717, 1.165) is 11.0 Å². The highest BCUT2D eigenvalue weighted by atomic mass is 19.1. The predicted octanol–water partition coefficient (Wildman–Crippen LogP) is 3.55. The molecule has 1 aromatic heterocycles. The fraction of sp³-hybridized carbons (Fsp3) is 0.154. The number of piperazine rings is 1. The summed E-state index contributed by atoms with van der Waals surface area (Å²) in [6.45, 7) is 1.66. The van der Waals surface area contributed by atoms with Gasteiger partial charge in [0.2, 0.25) is 0 Å². The molecule has 4 aromatic rings. The average molecular weight is 471 g/mol. The fourth-order valence-electron chi connectivity index (χ4n) is 4.08. The molecule has 1 fully saturated rings. The molecule has 0 spiro atoms. The van der Waals surface area contributed by atoms with Crippen LogP contribution in [-0.2, 0) is 0 Å². The molecule has 3 aromatic carbocycles. The van der Waals surface area contributed by atoms with Gasteiger partial charge in [-0.3, -0.25) is 14.4 Å². The molecule has 0 aliphatic carbocycles. The van der Waals surface area contributed by atoms with Gasteiger partial charge in [0.1, 0.15) is 5.82 Å². The van der Waals surface area contributed by atoms with E-state index in [9.17, 15) is 18.8 Å². The molecule has 1 aliphatic heterocycles. The van der Waals surface area contributed by atoms with Gasteiger partial charge in [0.15, 0.2) is 0 Å². The van der Waals surface area contributed by atoms with E-state index < -0.39 is 11.7 Å². The minimum atomic E-state index is -0.421. The summed E-state index contributed by atoms with van der Waals surface area (Å²) in [7, 11) is 0. The minimum absolute atomic E-state index is 0.0842. The number of hydrogen-bond donors (Lipinski definition) is 2. The number of fused-ring (bicyclic) bond motifs is 1. The first-order valence-corrected chi connectivity index (χ1v) is 11.2. The largest absolute Gasteiger partial charge is 0.345 e. The van der Waals surface area contributed by atoms with Crippen LogP contribution in [0.25, 0.3) is 11.0 Å². The van der Waals surface area contributed by atoms with Gasteiger partial charge in [0, 0.05) is 48.6 Å². The van der Waals surface area contributed by atoms with Crippen LogP contribution in [0.1, 0.15) is 31.1 Å². The number of amides is 3. The number of H-pyrrole nitrogens is 1. The van der Waals surface area contributed by atoms with Crippen LogP contribution in [0.15, 0.2) is 73.1 Å². The first-order valence-electron chi connectivity index (χ1n) is 11.2. The van der Waals surface area contributed by atoms with Crippen molar-refractivity contribution in [2.24, 2.45) is 0 Å². The van der Waals surface area contributed by atoms with Gasteiger partial charge in [0.25, 0.3) is 17.7 Å². The van der Waals surface area contributed by atoms with Crippen LogP contribution in [0, 0.1) is 5.82 Å². The van der Waals surface area contributed by atoms with E-state index in [1.807, 2.05) is 0 Å². The summed E-state index contributed by atoms with van der Waals surface area (Å²) >= 11 is 0. The third kappa shape index (κ3) is 4.74. The third-order valence-corrected chi connectivity index (χ3v) is 6.00. The van der Waals surface area contributed by atoms with Crippen LogP contribution in [0.4, 0.5) is 10.1 Å². The normalized spacial score (nSPS) is 13.6. The number of hydrogen-bond acceptors (Lipinski definition) is 4. The SMILES string of the molecule is O=C(Nc1cccc(C(=O)N2CCN(C(=O)c3ccc4nc[nH]c4c3)CC2)c1)c1ccc(F)cc1. The van der Waals surface area contributed by atoms with E-state index in [1.165, 1.54) is 24.3 Å². The zero-order chi connectivity index (χ0) is 24.4. The van der Waals surface area contributed by atoms with Crippen molar-refractivity contribution in [1.29, 1.82) is 0 Å². The standard InChI is InChI=1S/C26H22FN5O3/c27-20-7-4-17(5-8-20)24(33)30-21-3-1-2-18(14-21)25(34)31-10-12-32(13-11-31)26(35)19-6-9-22-23(15-19)29-16-28-22/h1-9,14-16H,10-13H2,(H,28,29)(H,30,33). The molecule has 1 aliphatic rings. The quantitative estimate of drug-likeness (QED) is 0.476. The highest BCUT2D eigenvalue weighted by Gasteiger charge is 2.26. The van der Waals surface area contributed by atoms with Crippen molar-refractivity contribution in [3.63, 3.8) is 0 Å². The van der Waals surface area contributed by atoms with Gasteiger partial charge in [-0.05, 0) is 60.7 Å². The maximum absolute atomic E-state index is 13.1. The Kier molecular flexibility index (Phi) is 5.97. The molecule has 176 valence electrons. The number of benzene rings is 3. The molecule has 8 nitrogen and oxygen atoms in total. The molecule has 0 bridgehead atoms. The molecule has 35 heavy (non-hydrogen) atoms. The summed E-state index contributed by atoms with van der Waals surface area (Å²) in [6, 6.07) is 17.3. The number of nitrogens with one attached hydrogen (secondary N) is 2. The van der Waals surface area contributed by atoms with Gasteiger partial charge in [-0.2, -0.15) is 0 Å². The molecular formula is C26H22FN5O3. The number of imidazole rings is 1. The molecule has 1 saturated heterocycles. The summed E-state index contributed by atoms with van der Waals surface area (Å²) in [5.74, 6) is -1.07. The van der Waals surface area contributed by atoms with Gasteiger partial charge >= 0.3 is 0 Å². The molecule has 2 heterocycles. The molecule has 0 radical (unpaired) electrons. The Morgan fingerprint density at radius 3 is 2.11 bits per heavy atom. The summed E-state index contributed by atoms with van der Waals surface area (Å²) in [5.41, 5.74) is 3.39. The molecule has 0 atom stereocenters. The zero-order valence-corrected chi connectivity index (χ0v) is 18.7. The monoisotopic (exact) mass is 471 g/mol. The number of carbonyl (C=O) groups is 3. The fourth-order valence-corrected chi connectivity index (χ4v) is 4.08. The Morgan fingerprint density at radius 2 is 1.43 bits per heavy atom. The van der Waals surface area contributed by atoms with Crippen molar-refractivity contribution >= 4 is 34.4 Å². The second kappa shape index (κ2) is 9.38. The summed E-state index contributed by atoms with van der Waals surface area (Å²) < 4.78 is 13.1. The molecule has 9 heteroatoms. The Bertz CT molecular complexity index is 1410. The molecule has 0 saturated carbocycles. The van der Waals surface area contributed by atoms with Crippen LogP contribution < -0.4 is 5.32 Å². The van der Waals surface area contributed by atoms with Crippen molar-refractivity contribution < 1.29 is 18.8 Å². The van der Waals surface area contributed by atoms with Crippen molar-refractivity contribution in [2.45, 2.75) is 0 Å². The Morgan fingerprint density at radius 1 is 0.800 bits per heavy atom. The van der Waals surface area contributed by atoms with Crippen molar-refractivity contribution in [2.75, 3.05) is 31.5 Å². The highest BCUT2D eigenvalue weighted by molar-refractivity contribution is 6.05. The third-order valence-electron chi connectivity index (χ3n) is 6.00. The Balaban J connectivity index is 1.21. The van der Waals surface area contributed by atoms with Crippen LogP contribution in [0.2, 0.25) is 0 Å². The first kappa shape index (κ1) is 22.3. The van der Waals surface area contributed by atoms with E-state index in [2.05, 4.69) is 15.3 Å². The van der Waals surface area contributed by atoms with E-state index >= 15 is 0 Å². The first-order chi connectivity index (χ1) is 17.0. The molecular weight excluding hydrogens is 449 g/mol. The Hall–Kier alpha value is -4.53. The van der Waals surface area contributed by atoms with Gasteiger partial charge in [-0.25, -0.2) is 9.37 Å². The lowest BCUT2D eigenvalue weighted by atomic mass is 10.1. The molecule has 3 amide bonds. The predicted molar refractivity (Wildman–Crippen MR) is 129 cm³/mol. The molecule has 0 unspecified atom stereocenters. The van der Waals surface area contributed by atoms with Crippen LogP contribution in [-0.4, -0.2) is 63.7 Å². The maximum Gasteiger partial charge on any atom is 0.255 e. The van der Waals surface area contributed by atoms with Crippen LogP contribution in [0.5, 0.6) is 0 Å². The maximum atomic E-state index is 13.1. The number of carbonyl (C=O) groups excluding carboxylic acids is 3. The average Bonchev–Trinajstić information content (AvgIpc) is 3.36. The lowest BCUT2D eigenvalue weighted by Crippen LogP contribution is -2.50. The summed E-state index contributed by atoms with van der Waals surface area (Å²) in [4.78, 5) is 49.0.